The van der Waals surface area contributed by atoms with Gasteiger partial charge in [-0.3, -0.25) is 0 Å². The van der Waals surface area contributed by atoms with Crippen LogP contribution in [0.5, 0.6) is 5.75 Å². The number of ether oxygens (including phenoxy) is 1. The Labute approximate surface area is 125 Å². The Bertz CT molecular complexity index is 676. The van der Waals surface area contributed by atoms with Crippen molar-refractivity contribution in [2.24, 2.45) is 0 Å². The first-order chi connectivity index (χ1) is 9.82. The quantitative estimate of drug-likeness (QED) is 0.419. The molecule has 0 saturated heterocycles. The van der Waals surface area contributed by atoms with Gasteiger partial charge in [-0.2, -0.15) is 0 Å². The van der Waals surface area contributed by atoms with Gasteiger partial charge in [-0.05, 0) is 18.2 Å². The van der Waals surface area contributed by atoms with Crippen LogP contribution in [0.25, 0.3) is 0 Å². The normalized spacial score (nSPS) is 10.8. The second-order valence-electron chi connectivity index (χ2n) is 3.91. The molecule has 0 saturated carbocycles. The summed E-state index contributed by atoms with van der Waals surface area (Å²) in [6.07, 6.45) is 0. The van der Waals surface area contributed by atoms with E-state index in [1.54, 1.807) is 0 Å². The summed E-state index contributed by atoms with van der Waals surface area (Å²) in [4.78, 5) is 0. The zero-order valence-corrected chi connectivity index (χ0v) is 11.5. The van der Waals surface area contributed by atoms with Gasteiger partial charge < -0.3 is 4.74 Å². The van der Waals surface area contributed by atoms with Crippen LogP contribution in [0.1, 0.15) is 5.56 Å². The summed E-state index contributed by atoms with van der Waals surface area (Å²) in [7, 11) is 0. The molecule has 0 radical (unpaired) electrons. The van der Waals surface area contributed by atoms with Crippen LogP contribution in [0.2, 0.25) is 10.0 Å². The Morgan fingerprint density at radius 1 is 0.810 bits per heavy atom. The first kappa shape index (κ1) is 15.9. The molecule has 21 heavy (non-hydrogen) atoms. The molecule has 0 heterocycles. The number of hydrogen-bond acceptors (Lipinski definition) is 1. The maximum Gasteiger partial charge on any atom is 0.200 e. The van der Waals surface area contributed by atoms with E-state index in [1.807, 2.05) is 0 Å². The molecule has 0 fully saturated rings. The fourth-order valence-corrected chi connectivity index (χ4v) is 1.98. The van der Waals surface area contributed by atoms with Gasteiger partial charge in [0.15, 0.2) is 23.3 Å². The summed E-state index contributed by atoms with van der Waals surface area (Å²) < 4.78 is 70.7. The number of halogens is 7. The molecule has 0 aliphatic heterocycles. The average molecular weight is 343 g/mol. The van der Waals surface area contributed by atoms with Crippen molar-refractivity contribution in [1.82, 2.24) is 0 Å². The van der Waals surface area contributed by atoms with Gasteiger partial charge in [0.25, 0.3) is 0 Å². The molecule has 0 atom stereocenters. The van der Waals surface area contributed by atoms with Crippen LogP contribution in [-0.4, -0.2) is 0 Å². The van der Waals surface area contributed by atoms with Gasteiger partial charge in [0, 0.05) is 5.02 Å². The van der Waals surface area contributed by atoms with Gasteiger partial charge in [-0.25, -0.2) is 22.0 Å². The van der Waals surface area contributed by atoms with Crippen molar-refractivity contribution < 1.29 is 26.7 Å². The van der Waals surface area contributed by atoms with E-state index < -0.39 is 41.3 Å². The summed E-state index contributed by atoms with van der Waals surface area (Å²) >= 11 is 11.4. The third kappa shape index (κ3) is 3.06. The molecule has 2 aromatic rings. The van der Waals surface area contributed by atoms with Gasteiger partial charge in [-0.1, -0.05) is 23.2 Å². The van der Waals surface area contributed by atoms with E-state index in [0.29, 0.717) is 5.02 Å². The highest BCUT2D eigenvalue weighted by atomic mass is 35.5. The molecule has 0 N–H and O–H groups in total. The minimum atomic E-state index is -2.22. The molecule has 8 heteroatoms. The zero-order chi connectivity index (χ0) is 15.7. The molecule has 2 aromatic carbocycles. The van der Waals surface area contributed by atoms with Crippen molar-refractivity contribution in [3.8, 4) is 5.75 Å². The smallest absolute Gasteiger partial charge is 0.200 e. The molecule has 2 rings (SSSR count). The summed E-state index contributed by atoms with van der Waals surface area (Å²) in [6, 6.07) is 4.00. The SMILES string of the molecule is Fc1c(F)c(F)c(COc2ccc(Cl)cc2Cl)c(F)c1F. The zero-order valence-electron chi connectivity index (χ0n) is 9.99. The summed E-state index contributed by atoms with van der Waals surface area (Å²) in [5.74, 6) is -10.2. The highest BCUT2D eigenvalue weighted by molar-refractivity contribution is 6.35. The molecule has 0 bridgehead atoms. The Balaban J connectivity index is 2.32. The van der Waals surface area contributed by atoms with E-state index in [1.165, 1.54) is 18.2 Å². The molecule has 0 aliphatic carbocycles. The van der Waals surface area contributed by atoms with Crippen LogP contribution in [-0.2, 0) is 6.61 Å². The van der Waals surface area contributed by atoms with E-state index >= 15 is 0 Å². The maximum atomic E-state index is 13.4. The van der Waals surface area contributed by atoms with Crippen molar-refractivity contribution in [3.05, 3.63) is 62.9 Å². The van der Waals surface area contributed by atoms with Crippen molar-refractivity contribution in [2.75, 3.05) is 0 Å². The first-order valence-electron chi connectivity index (χ1n) is 5.41. The molecule has 0 spiro atoms. The fraction of sp³-hybridized carbons (Fsp3) is 0.0769. The molecule has 0 unspecified atom stereocenters. The van der Waals surface area contributed by atoms with Gasteiger partial charge in [-0.15, -0.1) is 0 Å². The minimum absolute atomic E-state index is 0.00925. The minimum Gasteiger partial charge on any atom is -0.487 e. The summed E-state index contributed by atoms with van der Waals surface area (Å²) in [6.45, 7) is -0.882. The standard InChI is InChI=1S/C13H5Cl2F5O/c14-5-1-2-8(7(15)3-5)21-4-6-9(16)11(18)13(20)12(19)10(6)17/h1-3H,4H2. The number of benzene rings is 2. The predicted molar refractivity (Wildman–Crippen MR) is 67.0 cm³/mol. The van der Waals surface area contributed by atoms with Gasteiger partial charge in [0.05, 0.1) is 10.6 Å². The number of rotatable bonds is 3. The van der Waals surface area contributed by atoms with Crippen LogP contribution in [0, 0.1) is 29.1 Å². The van der Waals surface area contributed by atoms with Crippen molar-refractivity contribution in [3.63, 3.8) is 0 Å². The Morgan fingerprint density at radius 2 is 1.33 bits per heavy atom. The van der Waals surface area contributed by atoms with Crippen LogP contribution >= 0.6 is 23.2 Å². The lowest BCUT2D eigenvalue weighted by molar-refractivity contribution is 0.279. The van der Waals surface area contributed by atoms with Gasteiger partial charge in [0.2, 0.25) is 5.82 Å². The van der Waals surface area contributed by atoms with Crippen LogP contribution in [0.3, 0.4) is 0 Å². The van der Waals surface area contributed by atoms with E-state index in [-0.39, 0.29) is 10.8 Å². The van der Waals surface area contributed by atoms with E-state index in [9.17, 15) is 22.0 Å². The average Bonchev–Trinajstić information content (AvgIpc) is 2.45. The highest BCUT2D eigenvalue weighted by Gasteiger charge is 2.26. The van der Waals surface area contributed by atoms with Crippen molar-refractivity contribution in [1.29, 1.82) is 0 Å². The molecule has 112 valence electrons. The van der Waals surface area contributed by atoms with Crippen LogP contribution in [0.15, 0.2) is 18.2 Å². The Hall–Kier alpha value is -1.53. The molecule has 1 nitrogen and oxygen atoms in total. The Kier molecular flexibility index (Phi) is 4.58. The lowest BCUT2D eigenvalue weighted by Crippen LogP contribution is -2.10. The maximum absolute atomic E-state index is 13.4. The van der Waals surface area contributed by atoms with Crippen LogP contribution < -0.4 is 4.74 Å². The molecular weight excluding hydrogens is 338 g/mol. The molecule has 0 amide bonds. The predicted octanol–water partition coefficient (Wildman–Crippen LogP) is 5.27. The van der Waals surface area contributed by atoms with Gasteiger partial charge in [0.1, 0.15) is 12.4 Å². The largest absolute Gasteiger partial charge is 0.487 e. The third-order valence-electron chi connectivity index (χ3n) is 2.57. The van der Waals surface area contributed by atoms with Gasteiger partial charge >= 0.3 is 0 Å². The highest BCUT2D eigenvalue weighted by Crippen LogP contribution is 2.29. The third-order valence-corrected chi connectivity index (χ3v) is 3.10. The van der Waals surface area contributed by atoms with Crippen molar-refractivity contribution >= 4 is 23.2 Å². The fourth-order valence-electron chi connectivity index (χ4n) is 1.52. The molecule has 0 aromatic heterocycles. The van der Waals surface area contributed by atoms with Crippen LogP contribution in [0.4, 0.5) is 22.0 Å². The lowest BCUT2D eigenvalue weighted by atomic mass is 10.2. The molecular formula is C13H5Cl2F5O. The monoisotopic (exact) mass is 342 g/mol. The Morgan fingerprint density at radius 3 is 1.86 bits per heavy atom. The second kappa shape index (κ2) is 6.07. The van der Waals surface area contributed by atoms with E-state index in [0.717, 1.165) is 0 Å². The van der Waals surface area contributed by atoms with Crippen molar-refractivity contribution in [2.45, 2.75) is 6.61 Å². The first-order valence-corrected chi connectivity index (χ1v) is 6.16. The van der Waals surface area contributed by atoms with E-state index in [4.69, 9.17) is 27.9 Å². The summed E-state index contributed by atoms with van der Waals surface area (Å²) in [5, 5.41) is 0.329. The second-order valence-corrected chi connectivity index (χ2v) is 4.76. The lowest BCUT2D eigenvalue weighted by Gasteiger charge is -2.11. The number of hydrogen-bond donors (Lipinski definition) is 0. The summed E-state index contributed by atoms with van der Waals surface area (Å²) in [5.41, 5.74) is -1.09. The topological polar surface area (TPSA) is 9.23 Å². The molecule has 0 aliphatic rings. The van der Waals surface area contributed by atoms with E-state index in [2.05, 4.69) is 0 Å².